The van der Waals surface area contributed by atoms with E-state index in [0.29, 0.717) is 27.6 Å². The Morgan fingerprint density at radius 2 is 2.07 bits per heavy atom. The van der Waals surface area contributed by atoms with E-state index in [1.807, 2.05) is 49.4 Å². The van der Waals surface area contributed by atoms with Gasteiger partial charge in [0.15, 0.2) is 5.16 Å². The highest BCUT2D eigenvalue weighted by Crippen LogP contribution is 2.25. The summed E-state index contributed by atoms with van der Waals surface area (Å²) < 4.78 is 2.56. The average Bonchev–Trinajstić information content (AvgIpc) is 3.12. The minimum Gasteiger partial charge on any atom is -0.325 e. The van der Waals surface area contributed by atoms with Gasteiger partial charge in [0.25, 0.3) is 5.56 Å². The third kappa shape index (κ3) is 4.80. The molecule has 1 amide bonds. The summed E-state index contributed by atoms with van der Waals surface area (Å²) in [6, 6.07) is 13.0. The zero-order valence-corrected chi connectivity index (χ0v) is 19.2. The maximum absolute atomic E-state index is 13.1. The number of aryl methyl sites for hydroxylation is 1. The molecule has 0 saturated carbocycles. The van der Waals surface area contributed by atoms with Crippen molar-refractivity contribution in [2.24, 2.45) is 0 Å². The molecule has 0 aliphatic rings. The number of nitrogens with one attached hydrogen (secondary N) is 1. The van der Waals surface area contributed by atoms with Gasteiger partial charge in [0.1, 0.15) is 4.83 Å². The van der Waals surface area contributed by atoms with E-state index >= 15 is 0 Å². The van der Waals surface area contributed by atoms with Gasteiger partial charge in [-0.05, 0) is 48.9 Å². The summed E-state index contributed by atoms with van der Waals surface area (Å²) in [6.45, 7) is 2.30. The van der Waals surface area contributed by atoms with Crippen LogP contribution in [0.1, 0.15) is 10.4 Å². The van der Waals surface area contributed by atoms with E-state index in [1.54, 1.807) is 17.0 Å². The summed E-state index contributed by atoms with van der Waals surface area (Å²) in [6.07, 6.45) is 3.42. The Morgan fingerprint density at radius 1 is 1.27 bits per heavy atom. The number of aromatic nitrogens is 3. The number of fused-ring (bicyclic) bond motifs is 1. The Kier molecular flexibility index (Phi) is 6.31. The number of nitrogens with zero attached hydrogens (tertiary/aromatic N) is 3. The van der Waals surface area contributed by atoms with E-state index < -0.39 is 0 Å². The number of carbonyl (C=O) groups excluding carboxylic acids is 1. The summed E-state index contributed by atoms with van der Waals surface area (Å²) in [4.78, 5) is 36.1. The molecule has 30 heavy (non-hydrogen) atoms. The zero-order valence-electron chi connectivity index (χ0n) is 16.0. The van der Waals surface area contributed by atoms with E-state index in [2.05, 4.69) is 31.2 Å². The van der Waals surface area contributed by atoms with Crippen molar-refractivity contribution in [3.63, 3.8) is 0 Å². The fourth-order valence-corrected chi connectivity index (χ4v) is 4.89. The number of hydrogen-bond donors (Lipinski definition) is 1. The van der Waals surface area contributed by atoms with Crippen molar-refractivity contribution in [3.05, 3.63) is 80.1 Å². The predicted molar refractivity (Wildman–Crippen MR) is 125 cm³/mol. The Bertz CT molecular complexity index is 1250. The summed E-state index contributed by atoms with van der Waals surface area (Å²) in [5, 5.41) is 3.98. The van der Waals surface area contributed by atoms with Gasteiger partial charge in [-0.25, -0.2) is 4.98 Å². The Balaban J connectivity index is 1.59. The van der Waals surface area contributed by atoms with Crippen LogP contribution in [0.5, 0.6) is 0 Å². The largest absolute Gasteiger partial charge is 0.325 e. The molecule has 6 nitrogen and oxygen atoms in total. The van der Waals surface area contributed by atoms with Gasteiger partial charge in [-0.1, -0.05) is 33.8 Å². The van der Waals surface area contributed by atoms with Crippen LogP contribution in [-0.2, 0) is 11.3 Å². The standard InChI is InChI=1S/C21H17BrN4O2S2/c1-13-9-17-19(30-13)25-21(26(20(17)28)11-14-3-2-8-23-10-14)29-12-18(27)24-16-6-4-15(22)5-7-16/h2-10H,11-12H2,1H3,(H,24,27). The summed E-state index contributed by atoms with van der Waals surface area (Å²) in [5.74, 6) is -0.0160. The summed E-state index contributed by atoms with van der Waals surface area (Å²) >= 11 is 6.11. The van der Waals surface area contributed by atoms with Crippen LogP contribution < -0.4 is 10.9 Å². The molecular formula is C21H17BrN4O2S2. The third-order valence-corrected chi connectivity index (χ3v) is 6.71. The van der Waals surface area contributed by atoms with Gasteiger partial charge in [0.05, 0.1) is 17.7 Å². The number of thiophene rings is 1. The molecule has 9 heteroatoms. The van der Waals surface area contributed by atoms with Crippen molar-refractivity contribution in [3.8, 4) is 0 Å². The Hall–Kier alpha value is -2.49. The van der Waals surface area contributed by atoms with E-state index in [1.165, 1.54) is 23.1 Å². The van der Waals surface area contributed by atoms with Crippen LogP contribution in [0.2, 0.25) is 0 Å². The van der Waals surface area contributed by atoms with E-state index in [-0.39, 0.29) is 17.2 Å². The number of hydrogen-bond acceptors (Lipinski definition) is 6. The van der Waals surface area contributed by atoms with Crippen LogP contribution in [0.25, 0.3) is 10.2 Å². The number of benzene rings is 1. The number of halogens is 1. The molecule has 0 atom stereocenters. The molecule has 4 aromatic rings. The smallest absolute Gasteiger partial charge is 0.263 e. The van der Waals surface area contributed by atoms with E-state index in [9.17, 15) is 9.59 Å². The molecule has 152 valence electrons. The second-order valence-electron chi connectivity index (χ2n) is 6.57. The lowest BCUT2D eigenvalue weighted by molar-refractivity contribution is -0.113. The lowest BCUT2D eigenvalue weighted by Gasteiger charge is -2.12. The fourth-order valence-electron chi connectivity index (χ4n) is 2.90. The minimum atomic E-state index is -0.160. The zero-order chi connectivity index (χ0) is 21.1. The molecule has 0 unspecified atom stereocenters. The number of rotatable bonds is 6. The van der Waals surface area contributed by atoms with Crippen molar-refractivity contribution < 1.29 is 4.79 Å². The molecule has 0 aliphatic heterocycles. The first-order valence-electron chi connectivity index (χ1n) is 9.08. The first kappa shape index (κ1) is 20.8. The lowest BCUT2D eigenvalue weighted by atomic mass is 10.3. The lowest BCUT2D eigenvalue weighted by Crippen LogP contribution is -2.24. The van der Waals surface area contributed by atoms with Crippen molar-refractivity contribution >= 4 is 60.8 Å². The Labute approximate surface area is 189 Å². The molecule has 0 bridgehead atoms. The molecule has 0 saturated heterocycles. The number of amides is 1. The van der Waals surface area contributed by atoms with Gasteiger partial charge >= 0.3 is 0 Å². The first-order chi connectivity index (χ1) is 14.5. The molecule has 0 radical (unpaired) electrons. The van der Waals surface area contributed by atoms with Crippen LogP contribution in [0.4, 0.5) is 5.69 Å². The number of thioether (sulfide) groups is 1. The topological polar surface area (TPSA) is 76.9 Å². The molecule has 0 spiro atoms. The molecule has 3 aromatic heterocycles. The molecule has 4 rings (SSSR count). The van der Waals surface area contributed by atoms with E-state index in [0.717, 1.165) is 14.9 Å². The van der Waals surface area contributed by atoms with Gasteiger partial charge in [0, 0.05) is 27.4 Å². The fraction of sp³-hybridized carbons (Fsp3) is 0.143. The maximum atomic E-state index is 13.1. The normalized spacial score (nSPS) is 11.0. The van der Waals surface area contributed by atoms with Gasteiger partial charge in [-0.3, -0.25) is 19.1 Å². The Morgan fingerprint density at radius 3 is 2.80 bits per heavy atom. The maximum Gasteiger partial charge on any atom is 0.263 e. The molecular weight excluding hydrogens is 484 g/mol. The summed E-state index contributed by atoms with van der Waals surface area (Å²) in [5.41, 5.74) is 1.51. The highest BCUT2D eigenvalue weighted by molar-refractivity contribution is 9.10. The number of anilines is 1. The molecule has 0 fully saturated rings. The number of carbonyl (C=O) groups is 1. The summed E-state index contributed by atoms with van der Waals surface area (Å²) in [7, 11) is 0. The van der Waals surface area contributed by atoms with Gasteiger partial charge in [-0.15, -0.1) is 11.3 Å². The third-order valence-electron chi connectivity index (χ3n) is 4.26. The van der Waals surface area contributed by atoms with Crippen molar-refractivity contribution in [2.75, 3.05) is 11.1 Å². The monoisotopic (exact) mass is 500 g/mol. The van der Waals surface area contributed by atoms with Crippen molar-refractivity contribution in [1.82, 2.24) is 14.5 Å². The highest BCUT2D eigenvalue weighted by atomic mass is 79.9. The molecule has 0 aliphatic carbocycles. The van der Waals surface area contributed by atoms with Gasteiger partial charge in [-0.2, -0.15) is 0 Å². The first-order valence-corrected chi connectivity index (χ1v) is 11.7. The van der Waals surface area contributed by atoms with Gasteiger partial charge < -0.3 is 5.32 Å². The van der Waals surface area contributed by atoms with Crippen molar-refractivity contribution in [2.45, 2.75) is 18.6 Å². The van der Waals surface area contributed by atoms with Crippen LogP contribution in [0.15, 0.2) is 69.3 Å². The van der Waals surface area contributed by atoms with Crippen LogP contribution in [0.3, 0.4) is 0 Å². The highest BCUT2D eigenvalue weighted by Gasteiger charge is 2.15. The van der Waals surface area contributed by atoms with Crippen LogP contribution in [0, 0.1) is 6.92 Å². The average molecular weight is 501 g/mol. The SMILES string of the molecule is Cc1cc2c(=O)n(Cc3cccnc3)c(SCC(=O)Nc3ccc(Br)cc3)nc2s1. The van der Waals surface area contributed by atoms with Crippen molar-refractivity contribution in [1.29, 1.82) is 0 Å². The van der Waals surface area contributed by atoms with E-state index in [4.69, 9.17) is 0 Å². The van der Waals surface area contributed by atoms with Gasteiger partial charge in [0.2, 0.25) is 5.91 Å². The van der Waals surface area contributed by atoms with Crippen LogP contribution in [-0.4, -0.2) is 26.2 Å². The molecule has 1 aromatic carbocycles. The quantitative estimate of drug-likeness (QED) is 0.306. The number of pyridine rings is 1. The van der Waals surface area contributed by atoms with Crippen LogP contribution >= 0.6 is 39.0 Å². The molecule has 3 heterocycles. The predicted octanol–water partition coefficient (Wildman–Crippen LogP) is 4.70. The second kappa shape index (κ2) is 9.11. The minimum absolute atomic E-state index is 0.107. The molecule has 1 N–H and O–H groups in total. The second-order valence-corrected chi connectivity index (χ2v) is 9.66.